The molecule has 1 saturated heterocycles. The molecule has 0 saturated carbocycles. The lowest BCUT2D eigenvalue weighted by atomic mass is 10.0. The Labute approximate surface area is 155 Å². The number of carbonyl (C=O) groups excluding carboxylic acids is 1. The molecular weight excluding hydrogens is 328 g/mol. The summed E-state index contributed by atoms with van der Waals surface area (Å²) in [7, 11) is 0. The Morgan fingerprint density at radius 3 is 2.65 bits per heavy atom. The third-order valence-electron chi connectivity index (χ3n) is 4.58. The van der Waals surface area contributed by atoms with E-state index in [2.05, 4.69) is 18.8 Å². The van der Waals surface area contributed by atoms with Gasteiger partial charge in [0.15, 0.2) is 6.61 Å². The summed E-state index contributed by atoms with van der Waals surface area (Å²) in [6.07, 6.45) is 2.58. The Morgan fingerprint density at radius 1 is 1.23 bits per heavy atom. The molecule has 5 heteroatoms. The monoisotopic (exact) mass is 354 g/mol. The first-order valence-electron chi connectivity index (χ1n) is 9.11. The molecule has 1 fully saturated rings. The van der Waals surface area contributed by atoms with Crippen LogP contribution in [0.5, 0.6) is 11.6 Å². The molecule has 138 valence electrons. The largest absolute Gasteiger partial charge is 0.484 e. The van der Waals surface area contributed by atoms with E-state index in [0.717, 1.165) is 17.7 Å². The maximum atomic E-state index is 12.4. The van der Waals surface area contributed by atoms with Crippen LogP contribution in [0.25, 0.3) is 0 Å². The van der Waals surface area contributed by atoms with E-state index in [9.17, 15) is 4.79 Å². The predicted octanol–water partition coefficient (Wildman–Crippen LogP) is 3.57. The van der Waals surface area contributed by atoms with Crippen molar-refractivity contribution in [2.45, 2.75) is 39.2 Å². The minimum absolute atomic E-state index is 0.0131. The van der Waals surface area contributed by atoms with Crippen LogP contribution < -0.4 is 9.47 Å². The number of nitrogens with zero attached hydrogens (tertiary/aromatic N) is 2. The van der Waals surface area contributed by atoms with Gasteiger partial charge < -0.3 is 14.4 Å². The van der Waals surface area contributed by atoms with Gasteiger partial charge in [0.1, 0.15) is 11.9 Å². The molecule has 0 N–H and O–H groups in total. The zero-order valence-electron chi connectivity index (χ0n) is 15.6. The topological polar surface area (TPSA) is 51.7 Å². The van der Waals surface area contributed by atoms with Gasteiger partial charge >= 0.3 is 0 Å². The van der Waals surface area contributed by atoms with Crippen molar-refractivity contribution in [2.24, 2.45) is 0 Å². The zero-order valence-corrected chi connectivity index (χ0v) is 15.6. The van der Waals surface area contributed by atoms with Gasteiger partial charge in [-0.05, 0) is 36.1 Å². The normalized spacial score (nSPS) is 16.8. The van der Waals surface area contributed by atoms with Crippen molar-refractivity contribution in [2.75, 3.05) is 19.7 Å². The number of aryl methyl sites for hydroxylation is 1. The van der Waals surface area contributed by atoms with Crippen LogP contribution in [-0.4, -0.2) is 41.6 Å². The number of benzene rings is 1. The summed E-state index contributed by atoms with van der Waals surface area (Å²) < 4.78 is 11.5. The van der Waals surface area contributed by atoms with Gasteiger partial charge in [-0.25, -0.2) is 4.98 Å². The number of ether oxygens (including phenoxy) is 2. The first-order chi connectivity index (χ1) is 12.5. The van der Waals surface area contributed by atoms with E-state index in [1.54, 1.807) is 11.1 Å². The number of rotatable bonds is 6. The quantitative estimate of drug-likeness (QED) is 0.796. The van der Waals surface area contributed by atoms with Crippen LogP contribution in [-0.2, 0) is 4.79 Å². The summed E-state index contributed by atoms with van der Waals surface area (Å²) in [4.78, 5) is 18.4. The second kappa shape index (κ2) is 8.21. The van der Waals surface area contributed by atoms with Gasteiger partial charge in [-0.1, -0.05) is 32.0 Å². The molecule has 1 unspecified atom stereocenters. The number of aromatic nitrogens is 1. The van der Waals surface area contributed by atoms with Gasteiger partial charge in [-0.2, -0.15) is 0 Å². The first-order valence-corrected chi connectivity index (χ1v) is 9.11. The Balaban J connectivity index is 1.46. The van der Waals surface area contributed by atoms with E-state index in [-0.39, 0.29) is 18.6 Å². The number of likely N-dealkylation sites (tertiary alicyclic amines) is 1. The van der Waals surface area contributed by atoms with Gasteiger partial charge in [-0.3, -0.25) is 4.79 Å². The van der Waals surface area contributed by atoms with Gasteiger partial charge in [0.2, 0.25) is 5.88 Å². The molecule has 1 aromatic carbocycles. The fourth-order valence-electron chi connectivity index (χ4n) is 2.93. The minimum Gasteiger partial charge on any atom is -0.484 e. The average molecular weight is 354 g/mol. The van der Waals surface area contributed by atoms with Crippen molar-refractivity contribution in [3.63, 3.8) is 0 Å². The van der Waals surface area contributed by atoms with Gasteiger partial charge in [0.05, 0.1) is 6.54 Å². The van der Waals surface area contributed by atoms with Crippen LogP contribution in [0.15, 0.2) is 42.6 Å². The first kappa shape index (κ1) is 18.2. The Morgan fingerprint density at radius 2 is 2.00 bits per heavy atom. The molecule has 1 aliphatic rings. The summed E-state index contributed by atoms with van der Waals surface area (Å²) in [5, 5.41) is 0. The number of pyridine rings is 1. The molecule has 0 radical (unpaired) electrons. The van der Waals surface area contributed by atoms with E-state index < -0.39 is 0 Å². The van der Waals surface area contributed by atoms with Crippen molar-refractivity contribution in [1.82, 2.24) is 9.88 Å². The molecule has 2 aromatic rings. The van der Waals surface area contributed by atoms with Gasteiger partial charge in [0, 0.05) is 25.2 Å². The molecule has 0 aliphatic carbocycles. The SMILES string of the molecule is Cc1ccc(OC2CCN(C(=O)COc3ccc(C(C)C)cc3)C2)nc1. The molecule has 1 atom stereocenters. The third kappa shape index (κ3) is 4.75. The lowest BCUT2D eigenvalue weighted by molar-refractivity contribution is -0.132. The highest BCUT2D eigenvalue weighted by Crippen LogP contribution is 2.20. The highest BCUT2D eigenvalue weighted by molar-refractivity contribution is 5.78. The molecule has 5 nitrogen and oxygen atoms in total. The van der Waals surface area contributed by atoms with E-state index >= 15 is 0 Å². The van der Waals surface area contributed by atoms with Crippen molar-refractivity contribution in [1.29, 1.82) is 0 Å². The lowest BCUT2D eigenvalue weighted by Crippen LogP contribution is -2.34. The minimum atomic E-state index is -0.0144. The summed E-state index contributed by atoms with van der Waals surface area (Å²) in [5.74, 6) is 1.80. The Bertz CT molecular complexity index is 726. The molecule has 3 rings (SSSR count). The molecule has 1 aliphatic heterocycles. The number of hydrogen-bond acceptors (Lipinski definition) is 4. The zero-order chi connectivity index (χ0) is 18.5. The summed E-state index contributed by atoms with van der Waals surface area (Å²) in [5.41, 5.74) is 2.35. The van der Waals surface area contributed by atoms with Crippen LogP contribution in [0.4, 0.5) is 0 Å². The molecule has 0 bridgehead atoms. The predicted molar refractivity (Wildman–Crippen MR) is 101 cm³/mol. The lowest BCUT2D eigenvalue weighted by Gasteiger charge is -2.17. The van der Waals surface area contributed by atoms with Crippen LogP contribution >= 0.6 is 0 Å². The number of hydrogen-bond donors (Lipinski definition) is 0. The van der Waals surface area contributed by atoms with Gasteiger partial charge in [0.25, 0.3) is 5.91 Å². The molecule has 1 aromatic heterocycles. The molecule has 0 spiro atoms. The third-order valence-corrected chi connectivity index (χ3v) is 4.58. The average Bonchev–Trinajstić information content (AvgIpc) is 3.10. The number of amides is 1. The van der Waals surface area contributed by atoms with Crippen LogP contribution in [0.3, 0.4) is 0 Å². The molecule has 2 heterocycles. The van der Waals surface area contributed by atoms with E-state index in [4.69, 9.17) is 9.47 Å². The van der Waals surface area contributed by atoms with Crippen LogP contribution in [0.1, 0.15) is 37.3 Å². The maximum absolute atomic E-state index is 12.4. The standard InChI is InChI=1S/C21H26N2O3/c1-15(2)17-5-7-18(8-6-17)25-14-21(24)23-11-10-19(13-23)26-20-9-4-16(3)12-22-20/h4-9,12,15,19H,10-11,13-14H2,1-3H3. The van der Waals surface area contributed by atoms with E-state index in [1.807, 2.05) is 43.3 Å². The number of carbonyl (C=O) groups is 1. The molecule has 1 amide bonds. The van der Waals surface area contributed by atoms with E-state index in [0.29, 0.717) is 24.9 Å². The second-order valence-corrected chi connectivity index (χ2v) is 7.05. The fourth-order valence-corrected chi connectivity index (χ4v) is 2.93. The molecular formula is C21H26N2O3. The van der Waals surface area contributed by atoms with Crippen molar-refractivity contribution in [3.05, 3.63) is 53.7 Å². The fraction of sp³-hybridized carbons (Fsp3) is 0.429. The van der Waals surface area contributed by atoms with E-state index in [1.165, 1.54) is 5.56 Å². The van der Waals surface area contributed by atoms with Crippen LogP contribution in [0.2, 0.25) is 0 Å². The molecule has 26 heavy (non-hydrogen) atoms. The summed E-state index contributed by atoms with van der Waals surface area (Å²) >= 11 is 0. The van der Waals surface area contributed by atoms with Crippen LogP contribution in [0, 0.1) is 6.92 Å². The maximum Gasteiger partial charge on any atom is 0.260 e. The van der Waals surface area contributed by atoms with Crippen molar-refractivity contribution < 1.29 is 14.3 Å². The Kier molecular flexibility index (Phi) is 5.76. The highest BCUT2D eigenvalue weighted by atomic mass is 16.5. The van der Waals surface area contributed by atoms with Gasteiger partial charge in [-0.15, -0.1) is 0 Å². The smallest absolute Gasteiger partial charge is 0.260 e. The van der Waals surface area contributed by atoms with Crippen molar-refractivity contribution >= 4 is 5.91 Å². The second-order valence-electron chi connectivity index (χ2n) is 7.05. The van der Waals surface area contributed by atoms with Crippen molar-refractivity contribution in [3.8, 4) is 11.6 Å². The highest BCUT2D eigenvalue weighted by Gasteiger charge is 2.28. The summed E-state index contributed by atoms with van der Waals surface area (Å²) in [6.45, 7) is 7.60. The Hall–Kier alpha value is -2.56. The summed E-state index contributed by atoms with van der Waals surface area (Å²) in [6, 6.07) is 11.8.